The van der Waals surface area contributed by atoms with E-state index in [2.05, 4.69) is 31.3 Å². The molecular weight excluding hydrogens is 961 g/mol. The number of nitrogens with one attached hydrogen (secondary N) is 5. The number of carbonyl (C=O) groups is 10. The molecule has 392 valence electrons. The minimum Gasteiger partial charge on any atom is -0.481 e. The Bertz CT molecular complexity index is 2600. The smallest absolute Gasteiger partial charge is 0.326 e. The van der Waals surface area contributed by atoms with Gasteiger partial charge >= 0.3 is 18.0 Å². The highest BCUT2D eigenvalue weighted by molar-refractivity contribution is 6.00. The molecule has 0 fully saturated rings. The Morgan fingerprint density at radius 3 is 1.77 bits per heavy atom. The van der Waals surface area contributed by atoms with Gasteiger partial charge in [-0.2, -0.15) is 0 Å². The first-order chi connectivity index (χ1) is 35.4. The number of hydrogen-bond donors (Lipinski definition) is 7. The van der Waals surface area contributed by atoms with Gasteiger partial charge in [-0.1, -0.05) is 97.1 Å². The van der Waals surface area contributed by atoms with Crippen LogP contribution < -0.4 is 26.6 Å². The number of nitrogens with zero attached hydrogens (tertiary/aromatic N) is 1. The Kier molecular flexibility index (Phi) is 23.7. The van der Waals surface area contributed by atoms with E-state index in [0.29, 0.717) is 11.1 Å². The molecule has 0 radical (unpaired) electrons. The van der Waals surface area contributed by atoms with Crippen LogP contribution in [0.4, 0.5) is 10.5 Å². The summed E-state index contributed by atoms with van der Waals surface area (Å²) in [6.07, 6.45) is -3.04. The lowest BCUT2D eigenvalue weighted by atomic mass is 9.89. The number of ether oxygens (including phenoxy) is 1. The zero-order valence-corrected chi connectivity index (χ0v) is 40.7. The number of Topliss-reactive ketones (excluding diaryl/α,β-unsaturated/α-hetero) is 3. The van der Waals surface area contributed by atoms with Crippen molar-refractivity contribution in [2.45, 2.75) is 95.9 Å². The van der Waals surface area contributed by atoms with Crippen molar-refractivity contribution < 1.29 is 67.8 Å². The Morgan fingerprint density at radius 1 is 0.649 bits per heavy atom. The van der Waals surface area contributed by atoms with E-state index in [0.717, 1.165) is 17.2 Å². The van der Waals surface area contributed by atoms with Crippen molar-refractivity contribution in [3.63, 3.8) is 0 Å². The van der Waals surface area contributed by atoms with Crippen molar-refractivity contribution in [1.29, 1.82) is 0 Å². The molecule has 0 aliphatic rings. The summed E-state index contributed by atoms with van der Waals surface area (Å²) < 4.78 is 4.65. The number of aliphatic carboxylic acids is 2. The molecule has 0 unspecified atom stereocenters. The van der Waals surface area contributed by atoms with Crippen LogP contribution in [-0.2, 0) is 62.4 Å². The van der Waals surface area contributed by atoms with Crippen LogP contribution in [0.25, 0.3) is 0 Å². The number of urea groups is 1. The molecule has 5 atom stereocenters. The minimum absolute atomic E-state index is 0.00665. The van der Waals surface area contributed by atoms with Crippen LogP contribution >= 0.6 is 0 Å². The van der Waals surface area contributed by atoms with E-state index in [4.69, 9.17) is 5.11 Å². The summed E-state index contributed by atoms with van der Waals surface area (Å²) >= 11 is 0. The molecule has 0 heterocycles. The fraction of sp³-hybridized carbons (Fsp3) is 0.358. The van der Waals surface area contributed by atoms with Crippen LogP contribution in [0.3, 0.4) is 0 Å². The lowest BCUT2D eigenvalue weighted by Gasteiger charge is -2.22. The highest BCUT2D eigenvalue weighted by atomic mass is 16.6. The second-order valence-electron chi connectivity index (χ2n) is 17.5. The number of carbonyl (C=O) groups excluding carboxylic acids is 8. The largest absolute Gasteiger partial charge is 0.481 e. The monoisotopic (exact) mass is 1020 g/mol. The third kappa shape index (κ3) is 20.6. The number of benzene rings is 4. The Balaban J connectivity index is 1.34. The highest BCUT2D eigenvalue weighted by Crippen LogP contribution is 2.21. The van der Waals surface area contributed by atoms with Gasteiger partial charge in [0.25, 0.3) is 18.1 Å². The number of carboxylic acid groups (broad SMARTS) is 2. The molecule has 0 bridgehead atoms. The molecule has 4 aromatic carbocycles. The van der Waals surface area contributed by atoms with E-state index in [1.54, 1.807) is 97.9 Å². The number of amides is 5. The lowest BCUT2D eigenvalue weighted by molar-refractivity contribution is -0.384. The van der Waals surface area contributed by atoms with Crippen LogP contribution in [0.15, 0.2) is 109 Å². The maximum absolute atomic E-state index is 14.2. The molecule has 0 aliphatic heterocycles. The molecule has 4 rings (SSSR count). The van der Waals surface area contributed by atoms with Gasteiger partial charge in [0, 0.05) is 68.2 Å². The zero-order chi connectivity index (χ0) is 54.0. The SMILES string of the molecule is Cc1ccc([N+](=O)[O-])cc1C(=O)N[C@@H](Cc1ccccc1)C(=O)C[C@@H](Cc1ccccc1)C(=O)NCC(=O)CCCNC(=O)[C@@H](CC(=O)CC[C@H](NC(=O)N[C@@H](CCC(=O)O)OC=O)C(=O)O)Cc1ccccc1. The summed E-state index contributed by atoms with van der Waals surface area (Å²) in [6, 6.07) is 26.7. The molecule has 74 heavy (non-hydrogen) atoms. The van der Waals surface area contributed by atoms with Crippen molar-refractivity contribution >= 4 is 65.2 Å². The first-order valence-corrected chi connectivity index (χ1v) is 23.8. The molecule has 4 aromatic rings. The molecule has 0 saturated carbocycles. The lowest BCUT2D eigenvalue weighted by Crippen LogP contribution is -2.49. The molecule has 5 amide bonds. The first-order valence-electron chi connectivity index (χ1n) is 23.8. The maximum atomic E-state index is 14.2. The third-order valence-electron chi connectivity index (χ3n) is 11.8. The van der Waals surface area contributed by atoms with E-state index < -0.39 is 88.7 Å². The number of non-ortho nitro benzene ring substituents is 1. The summed E-state index contributed by atoms with van der Waals surface area (Å²) in [4.78, 5) is 138. The average molecular weight is 1020 g/mol. The van der Waals surface area contributed by atoms with Gasteiger partial charge in [-0.05, 0) is 61.3 Å². The second kappa shape index (κ2) is 30.3. The van der Waals surface area contributed by atoms with E-state index in [9.17, 15) is 63.2 Å². The molecular formula is C53H60N6O15. The van der Waals surface area contributed by atoms with Gasteiger partial charge in [0.2, 0.25) is 11.8 Å². The summed E-state index contributed by atoms with van der Waals surface area (Å²) in [5.74, 6) is -7.72. The van der Waals surface area contributed by atoms with Crippen molar-refractivity contribution in [2.75, 3.05) is 13.1 Å². The number of hydrogen-bond acceptors (Lipinski definition) is 13. The predicted molar refractivity (Wildman–Crippen MR) is 266 cm³/mol. The number of rotatable bonds is 33. The molecule has 0 aliphatic carbocycles. The second-order valence-corrected chi connectivity index (χ2v) is 17.5. The van der Waals surface area contributed by atoms with Gasteiger partial charge in [-0.25, -0.2) is 9.59 Å². The number of ketones is 3. The summed E-state index contributed by atoms with van der Waals surface area (Å²) in [6.45, 7) is 1.24. The van der Waals surface area contributed by atoms with Crippen molar-refractivity contribution in [2.24, 2.45) is 11.8 Å². The van der Waals surface area contributed by atoms with Gasteiger partial charge in [-0.15, -0.1) is 0 Å². The standard InChI is InChI=1S/C53H60N6O15/c1-34-19-20-40(59(72)73)31-43(34)51(68)56-45(28-37-16-9-4-10-17-37)46(63)30-39(27-36-14-7-3-8-15-36)50(67)55-32-42(62)18-11-25-54-49(66)38(26-35-12-5-2-6-13-35)29-41(61)21-22-44(52(69)70)57-53(71)58-47(74-33-60)23-24-48(64)65/h2-10,12-17,19-20,31,33,38-39,44-45,47H,11,18,21-30,32H2,1H3,(H,54,66)(H,55,67)(H,56,68)(H,64,65)(H,69,70)(H2,57,58,71)/t38-,39-,44+,45+,47-/m1/s1. The van der Waals surface area contributed by atoms with Crippen LogP contribution in [0.5, 0.6) is 0 Å². The van der Waals surface area contributed by atoms with Gasteiger partial charge < -0.3 is 41.5 Å². The number of nitro benzene ring substituents is 1. The van der Waals surface area contributed by atoms with Crippen LogP contribution in [0.2, 0.25) is 0 Å². The quantitative estimate of drug-likeness (QED) is 0.0115. The molecule has 0 saturated heterocycles. The Labute approximate surface area is 426 Å². The molecule has 7 N–H and O–H groups in total. The van der Waals surface area contributed by atoms with E-state index in [1.165, 1.54) is 12.1 Å². The normalized spacial score (nSPS) is 12.8. The molecule has 0 aromatic heterocycles. The average Bonchev–Trinajstić information content (AvgIpc) is 3.37. The van der Waals surface area contributed by atoms with Gasteiger partial charge in [-0.3, -0.25) is 48.5 Å². The summed E-state index contributed by atoms with van der Waals surface area (Å²) in [5.41, 5.74) is 2.36. The maximum Gasteiger partial charge on any atom is 0.326 e. The zero-order valence-electron chi connectivity index (χ0n) is 40.7. The summed E-state index contributed by atoms with van der Waals surface area (Å²) in [7, 11) is 0. The number of aryl methyl sites for hydroxylation is 1. The van der Waals surface area contributed by atoms with Gasteiger partial charge in [0.1, 0.15) is 11.8 Å². The molecule has 21 nitrogen and oxygen atoms in total. The topological polar surface area (TPSA) is 324 Å². The van der Waals surface area contributed by atoms with E-state index in [1.807, 2.05) is 0 Å². The molecule has 21 heteroatoms. The van der Waals surface area contributed by atoms with Gasteiger partial charge in [0.05, 0.1) is 23.9 Å². The van der Waals surface area contributed by atoms with E-state index >= 15 is 0 Å². The van der Waals surface area contributed by atoms with Crippen LogP contribution in [0, 0.1) is 28.9 Å². The summed E-state index contributed by atoms with van der Waals surface area (Å²) in [5, 5.41) is 42.6. The highest BCUT2D eigenvalue weighted by Gasteiger charge is 2.30. The van der Waals surface area contributed by atoms with Crippen molar-refractivity contribution in [3.05, 3.63) is 147 Å². The third-order valence-corrected chi connectivity index (χ3v) is 11.8. The van der Waals surface area contributed by atoms with E-state index in [-0.39, 0.29) is 101 Å². The number of nitro groups is 1. The fourth-order valence-corrected chi connectivity index (χ4v) is 7.84. The van der Waals surface area contributed by atoms with Crippen molar-refractivity contribution in [3.8, 4) is 0 Å². The van der Waals surface area contributed by atoms with Crippen LogP contribution in [-0.4, -0.2) is 106 Å². The minimum atomic E-state index is -1.58. The van der Waals surface area contributed by atoms with Gasteiger partial charge in [0.15, 0.2) is 17.8 Å². The number of carboxylic acids is 2. The Morgan fingerprint density at radius 2 is 1.22 bits per heavy atom. The Hall–Kier alpha value is -8.62. The molecule has 0 spiro atoms. The van der Waals surface area contributed by atoms with Crippen molar-refractivity contribution in [1.82, 2.24) is 26.6 Å². The fourth-order valence-electron chi connectivity index (χ4n) is 7.84. The predicted octanol–water partition coefficient (Wildman–Crippen LogP) is 4.36. The van der Waals surface area contributed by atoms with Crippen LogP contribution in [0.1, 0.15) is 84.0 Å². The first kappa shape index (κ1) is 58.0.